The Labute approximate surface area is 184 Å². The number of ether oxygens (including phenoxy) is 1. The van der Waals surface area contributed by atoms with Crippen LogP contribution >= 0.6 is 0 Å². The van der Waals surface area contributed by atoms with Crippen molar-refractivity contribution in [3.63, 3.8) is 0 Å². The zero-order valence-corrected chi connectivity index (χ0v) is 17.9. The van der Waals surface area contributed by atoms with Gasteiger partial charge in [0.1, 0.15) is 0 Å². The smallest absolute Gasteiger partial charge is 0.378 e. The molecular formula is C22H22N8O2. The molecule has 4 rings (SSSR count). The summed E-state index contributed by atoms with van der Waals surface area (Å²) in [6.07, 6.45) is -0.782. The predicted molar refractivity (Wildman–Crippen MR) is 119 cm³/mol. The fraction of sp³-hybridized carbons (Fsp3) is 0.182. The van der Waals surface area contributed by atoms with Gasteiger partial charge in [-0.3, -0.25) is 0 Å². The highest BCUT2D eigenvalue weighted by Crippen LogP contribution is 2.23. The maximum absolute atomic E-state index is 12.9. The van der Waals surface area contributed by atoms with Crippen LogP contribution in [0.5, 0.6) is 0 Å². The van der Waals surface area contributed by atoms with Gasteiger partial charge < -0.3 is 15.4 Å². The highest BCUT2D eigenvalue weighted by molar-refractivity contribution is 5.86. The Kier molecular flexibility index (Phi) is 5.75. The van der Waals surface area contributed by atoms with E-state index in [9.17, 15) is 4.79 Å². The van der Waals surface area contributed by atoms with E-state index in [1.54, 1.807) is 30.6 Å². The highest BCUT2D eigenvalue weighted by Gasteiger charge is 2.24. The number of carbonyl (C=O) groups excluding carboxylic acids is 1. The summed E-state index contributed by atoms with van der Waals surface area (Å²) in [5.74, 6) is 0.396. The van der Waals surface area contributed by atoms with E-state index in [4.69, 9.17) is 10.5 Å². The Morgan fingerprint density at radius 2 is 1.62 bits per heavy atom. The third kappa shape index (κ3) is 4.38. The number of esters is 1. The average molecular weight is 430 g/mol. The van der Waals surface area contributed by atoms with Crippen LogP contribution in [0.25, 0.3) is 17.1 Å². The Morgan fingerprint density at radius 3 is 2.28 bits per heavy atom. The summed E-state index contributed by atoms with van der Waals surface area (Å²) in [6, 6.07) is 19.0. The molecule has 2 aromatic carbocycles. The van der Waals surface area contributed by atoms with Crippen molar-refractivity contribution < 1.29 is 9.53 Å². The van der Waals surface area contributed by atoms with Gasteiger partial charge in [0.15, 0.2) is 17.8 Å². The number of nitrogens with two attached hydrogens (primary N) is 1. The first-order valence-electron chi connectivity index (χ1n) is 9.90. The van der Waals surface area contributed by atoms with Crippen molar-refractivity contribution in [1.29, 1.82) is 0 Å². The van der Waals surface area contributed by atoms with Crippen molar-refractivity contribution in [3.8, 4) is 17.1 Å². The number of carbonyl (C=O) groups is 1. The molecule has 0 aliphatic heterocycles. The minimum Gasteiger partial charge on any atom is -0.448 e. The first-order valence-corrected chi connectivity index (χ1v) is 9.90. The number of hydrogen-bond acceptors (Lipinski definition) is 9. The third-order valence-electron chi connectivity index (χ3n) is 4.53. The zero-order valence-electron chi connectivity index (χ0n) is 17.9. The van der Waals surface area contributed by atoms with Crippen molar-refractivity contribution in [2.24, 2.45) is 0 Å². The molecule has 0 amide bonds. The molecule has 10 heteroatoms. The number of nitrogens with zero attached hydrogens (tertiary/aromatic N) is 7. The second-order valence-electron chi connectivity index (χ2n) is 7.17. The number of anilines is 2. The molecule has 162 valence electrons. The Hall–Kier alpha value is -4.34. The van der Waals surface area contributed by atoms with Gasteiger partial charge in [-0.25, -0.2) is 14.5 Å². The van der Waals surface area contributed by atoms with Gasteiger partial charge in [-0.05, 0) is 19.1 Å². The molecular weight excluding hydrogens is 408 g/mol. The fourth-order valence-electron chi connectivity index (χ4n) is 2.97. The first-order chi connectivity index (χ1) is 15.4. The summed E-state index contributed by atoms with van der Waals surface area (Å²) in [7, 11) is 3.56. The topological polar surface area (TPSA) is 125 Å². The van der Waals surface area contributed by atoms with E-state index in [1.165, 1.54) is 0 Å². The van der Waals surface area contributed by atoms with Gasteiger partial charge in [-0.1, -0.05) is 48.5 Å². The quantitative estimate of drug-likeness (QED) is 0.460. The van der Waals surface area contributed by atoms with Crippen molar-refractivity contribution in [2.75, 3.05) is 24.7 Å². The van der Waals surface area contributed by atoms with E-state index < -0.39 is 12.1 Å². The van der Waals surface area contributed by atoms with Crippen LogP contribution in [-0.2, 0) is 4.74 Å². The Balaban J connectivity index is 1.65. The molecule has 0 radical (unpaired) electrons. The standard InChI is InChI=1S/C22H22N8O2/c1-14(17-25-21(23)27-22(26-17)29(2)3)32-20(31)18-24-19(15-10-6-4-7-11-15)30(28-18)16-12-8-5-9-13-16/h4-14H,1-3H3,(H2,23,25,26,27)/t14-/m1/s1. The lowest BCUT2D eigenvalue weighted by Crippen LogP contribution is -2.19. The number of hydrogen-bond donors (Lipinski definition) is 1. The van der Waals surface area contributed by atoms with Crippen LogP contribution in [0.15, 0.2) is 60.7 Å². The molecule has 10 nitrogen and oxygen atoms in total. The van der Waals surface area contributed by atoms with Crippen LogP contribution in [0, 0.1) is 0 Å². The van der Waals surface area contributed by atoms with E-state index in [1.807, 2.05) is 60.7 Å². The minimum absolute atomic E-state index is 0.0412. The number of benzene rings is 2. The molecule has 2 aromatic heterocycles. The lowest BCUT2D eigenvalue weighted by molar-refractivity contribution is 0.0305. The molecule has 0 unspecified atom stereocenters. The maximum Gasteiger partial charge on any atom is 0.378 e. The van der Waals surface area contributed by atoms with Crippen molar-refractivity contribution in [3.05, 3.63) is 72.3 Å². The molecule has 32 heavy (non-hydrogen) atoms. The predicted octanol–water partition coefficient (Wildman–Crippen LogP) is 2.69. The molecule has 2 heterocycles. The van der Waals surface area contributed by atoms with Gasteiger partial charge in [-0.15, -0.1) is 5.10 Å². The summed E-state index contributed by atoms with van der Waals surface area (Å²) < 4.78 is 7.16. The molecule has 1 atom stereocenters. The molecule has 0 bridgehead atoms. The summed E-state index contributed by atoms with van der Waals surface area (Å²) >= 11 is 0. The number of aromatic nitrogens is 6. The monoisotopic (exact) mass is 430 g/mol. The molecule has 0 saturated carbocycles. The van der Waals surface area contributed by atoms with E-state index >= 15 is 0 Å². The van der Waals surface area contributed by atoms with Gasteiger partial charge in [0.25, 0.3) is 5.82 Å². The van der Waals surface area contributed by atoms with E-state index in [-0.39, 0.29) is 17.6 Å². The van der Waals surface area contributed by atoms with E-state index in [2.05, 4.69) is 25.0 Å². The van der Waals surface area contributed by atoms with Gasteiger partial charge in [0.05, 0.1) is 5.69 Å². The van der Waals surface area contributed by atoms with Crippen molar-refractivity contribution in [1.82, 2.24) is 29.7 Å². The summed E-state index contributed by atoms with van der Waals surface area (Å²) in [6.45, 7) is 1.65. The maximum atomic E-state index is 12.9. The van der Waals surface area contributed by atoms with Crippen molar-refractivity contribution >= 4 is 17.9 Å². The van der Waals surface area contributed by atoms with Gasteiger partial charge in [0, 0.05) is 19.7 Å². The van der Waals surface area contributed by atoms with Gasteiger partial charge >= 0.3 is 5.97 Å². The lowest BCUT2D eigenvalue weighted by Gasteiger charge is -2.14. The van der Waals surface area contributed by atoms with Gasteiger partial charge in [0.2, 0.25) is 11.9 Å². The lowest BCUT2D eigenvalue weighted by atomic mass is 10.2. The molecule has 2 N–H and O–H groups in total. The number of nitrogen functional groups attached to an aromatic ring is 1. The second kappa shape index (κ2) is 8.80. The molecule has 4 aromatic rings. The molecule has 0 fully saturated rings. The highest BCUT2D eigenvalue weighted by atomic mass is 16.5. The fourth-order valence-corrected chi connectivity index (χ4v) is 2.97. The van der Waals surface area contributed by atoms with E-state index in [0.29, 0.717) is 11.8 Å². The normalized spacial score (nSPS) is 11.7. The van der Waals surface area contributed by atoms with Crippen LogP contribution in [0.1, 0.15) is 29.5 Å². The van der Waals surface area contributed by atoms with Crippen LogP contribution in [0.2, 0.25) is 0 Å². The zero-order chi connectivity index (χ0) is 22.7. The summed E-state index contributed by atoms with van der Waals surface area (Å²) in [5, 5.41) is 4.41. The third-order valence-corrected chi connectivity index (χ3v) is 4.53. The second-order valence-corrected chi connectivity index (χ2v) is 7.17. The average Bonchev–Trinajstić information content (AvgIpc) is 3.25. The first kappa shape index (κ1) is 20.9. The van der Waals surface area contributed by atoms with Crippen LogP contribution in [0.4, 0.5) is 11.9 Å². The summed E-state index contributed by atoms with van der Waals surface area (Å²) in [5.41, 5.74) is 7.36. The molecule has 0 aliphatic carbocycles. The molecule has 0 saturated heterocycles. The van der Waals surface area contributed by atoms with Crippen molar-refractivity contribution in [2.45, 2.75) is 13.0 Å². The summed E-state index contributed by atoms with van der Waals surface area (Å²) in [4.78, 5) is 31.5. The Morgan fingerprint density at radius 1 is 0.969 bits per heavy atom. The molecule has 0 spiro atoms. The number of para-hydroxylation sites is 1. The minimum atomic E-state index is -0.782. The van der Waals surface area contributed by atoms with E-state index in [0.717, 1.165) is 11.3 Å². The number of rotatable bonds is 6. The van der Waals surface area contributed by atoms with Crippen LogP contribution in [0.3, 0.4) is 0 Å². The van der Waals surface area contributed by atoms with Crippen LogP contribution in [-0.4, -0.2) is 49.8 Å². The Bertz CT molecular complexity index is 1170. The van der Waals surface area contributed by atoms with Gasteiger partial charge in [-0.2, -0.15) is 15.0 Å². The SMILES string of the molecule is C[C@@H](OC(=O)c1nc(-c2ccccc2)n(-c2ccccc2)n1)c1nc(N)nc(N(C)C)n1. The largest absolute Gasteiger partial charge is 0.448 e. The van der Waals surface area contributed by atoms with Crippen LogP contribution < -0.4 is 10.6 Å². The molecule has 0 aliphatic rings.